The molecule has 4 N–H and O–H groups in total. The number of nitrogens with two attached hydrogens (primary N) is 1. The second-order valence-electron chi connectivity index (χ2n) is 7.71. The summed E-state index contributed by atoms with van der Waals surface area (Å²) in [4.78, 5) is 40.4. The Morgan fingerprint density at radius 1 is 1.06 bits per heavy atom. The maximum atomic E-state index is 13.3. The molecule has 35 heavy (non-hydrogen) atoms. The zero-order valence-corrected chi connectivity index (χ0v) is 19.5. The number of nitrogens with zero attached hydrogens (tertiary/aromatic N) is 4. The molecule has 2 aromatic carbocycles. The Balaban J connectivity index is 1.57. The van der Waals surface area contributed by atoms with E-state index in [1.54, 1.807) is 21.6 Å². The number of H-pyrrole nitrogens is 1. The normalized spacial score (nSPS) is 14.2. The van der Waals surface area contributed by atoms with Crippen molar-refractivity contribution in [1.82, 2.24) is 19.4 Å². The Labute approximate surface area is 204 Å². The third-order valence-electron chi connectivity index (χ3n) is 5.44. The first kappa shape index (κ1) is 22.6. The first-order valence-corrected chi connectivity index (χ1v) is 11.8. The maximum Gasteiger partial charge on any atom is 0.276 e. The Morgan fingerprint density at radius 2 is 1.74 bits per heavy atom. The molecule has 1 saturated heterocycles. The summed E-state index contributed by atoms with van der Waals surface area (Å²) in [5.41, 5.74) is 8.09. The molecule has 0 aliphatic carbocycles. The Hall–Kier alpha value is -4.22. The monoisotopic (exact) mass is 489 g/mol. The predicted octanol–water partition coefficient (Wildman–Crippen LogP) is 2.80. The smallest absolute Gasteiger partial charge is 0.276 e. The van der Waals surface area contributed by atoms with Crippen molar-refractivity contribution in [2.45, 2.75) is 0 Å². The average molecular weight is 490 g/mol. The number of thiazole rings is 1. The van der Waals surface area contributed by atoms with Crippen LogP contribution in [0.3, 0.4) is 0 Å². The second kappa shape index (κ2) is 9.95. The molecule has 0 unspecified atom stereocenters. The van der Waals surface area contributed by atoms with Crippen LogP contribution >= 0.6 is 11.3 Å². The molecule has 1 aliphatic rings. The van der Waals surface area contributed by atoms with E-state index in [2.05, 4.69) is 20.3 Å². The number of imidazole rings is 1. The van der Waals surface area contributed by atoms with Crippen molar-refractivity contribution in [3.8, 4) is 5.69 Å². The quantitative estimate of drug-likeness (QED) is 0.397. The Bertz CT molecular complexity index is 1400. The molecule has 11 heteroatoms. The van der Waals surface area contributed by atoms with Crippen LogP contribution in [-0.4, -0.2) is 57.6 Å². The third-order valence-corrected chi connectivity index (χ3v) is 6.49. The fourth-order valence-electron chi connectivity index (χ4n) is 3.70. The first-order chi connectivity index (χ1) is 17.1. The van der Waals surface area contributed by atoms with Crippen LogP contribution in [0.25, 0.3) is 5.69 Å². The molecule has 10 nitrogen and oxygen atoms in total. The van der Waals surface area contributed by atoms with Crippen molar-refractivity contribution in [3.63, 3.8) is 0 Å². The lowest BCUT2D eigenvalue weighted by Crippen LogP contribution is -2.40. The van der Waals surface area contributed by atoms with Crippen LogP contribution < -0.4 is 15.9 Å². The summed E-state index contributed by atoms with van der Waals surface area (Å²) in [6, 6.07) is 18.5. The number of carbonyl (C=O) groups excluding carboxylic acids is 2. The van der Waals surface area contributed by atoms with E-state index >= 15 is 0 Å². The number of ether oxygens (including phenoxy) is 1. The summed E-state index contributed by atoms with van der Waals surface area (Å²) < 4.78 is 7.07. The number of hydrogen-bond acceptors (Lipinski definition) is 7. The second-order valence-corrected chi connectivity index (χ2v) is 8.69. The van der Waals surface area contributed by atoms with E-state index in [0.29, 0.717) is 41.7 Å². The van der Waals surface area contributed by atoms with Crippen molar-refractivity contribution < 1.29 is 14.3 Å². The zero-order chi connectivity index (χ0) is 24.2. The standard InChI is InChI=1S/C24H23N7O3S/c25-20-19(23(33)30-11-13-34-14-12-30)35-24(31(20)17-9-5-2-6-10-17)29-21-18(26-15-27-21)22(32)28-16-7-3-1-4-8-16/h1-10,15H,11-14,25H2,(H,26,27)(H,28,32). The minimum Gasteiger partial charge on any atom is -0.383 e. The van der Waals surface area contributed by atoms with Crippen molar-refractivity contribution in [3.05, 3.63) is 82.4 Å². The van der Waals surface area contributed by atoms with Gasteiger partial charge in [0.25, 0.3) is 11.8 Å². The van der Waals surface area contributed by atoms with Crippen LogP contribution in [-0.2, 0) is 4.74 Å². The highest BCUT2D eigenvalue weighted by Crippen LogP contribution is 2.24. The highest BCUT2D eigenvalue weighted by molar-refractivity contribution is 7.12. The molecular weight excluding hydrogens is 466 g/mol. The molecule has 0 bridgehead atoms. The molecule has 3 heterocycles. The van der Waals surface area contributed by atoms with Crippen LogP contribution in [0.4, 0.5) is 17.3 Å². The molecule has 5 rings (SSSR count). The minimum absolute atomic E-state index is 0.175. The third kappa shape index (κ3) is 4.72. The van der Waals surface area contributed by atoms with Gasteiger partial charge in [0.05, 0.1) is 19.5 Å². The van der Waals surface area contributed by atoms with E-state index in [1.165, 1.54) is 6.33 Å². The van der Waals surface area contributed by atoms with Gasteiger partial charge in [-0.3, -0.25) is 14.2 Å². The van der Waals surface area contributed by atoms with Crippen LogP contribution in [0.15, 0.2) is 72.0 Å². The molecular formula is C24H23N7O3S. The fraction of sp³-hybridized carbons (Fsp3) is 0.167. The van der Waals surface area contributed by atoms with Gasteiger partial charge in [-0.05, 0) is 24.3 Å². The fourth-order valence-corrected chi connectivity index (χ4v) is 4.72. The van der Waals surface area contributed by atoms with Crippen LogP contribution in [0.5, 0.6) is 0 Å². The summed E-state index contributed by atoms with van der Waals surface area (Å²) in [5, 5.41) is 2.82. The highest BCUT2D eigenvalue weighted by atomic mass is 32.1. The highest BCUT2D eigenvalue weighted by Gasteiger charge is 2.25. The number of carbonyl (C=O) groups is 2. The van der Waals surface area contributed by atoms with Crippen LogP contribution in [0.2, 0.25) is 0 Å². The van der Waals surface area contributed by atoms with Gasteiger partial charge in [-0.1, -0.05) is 47.7 Å². The van der Waals surface area contributed by atoms with Gasteiger partial charge in [0, 0.05) is 24.5 Å². The SMILES string of the molecule is Nc1c(C(=O)N2CCOCC2)sc(=Nc2nc[nH]c2C(=O)Nc2ccccc2)n1-c1ccccc1. The van der Waals surface area contributed by atoms with E-state index in [9.17, 15) is 9.59 Å². The lowest BCUT2D eigenvalue weighted by atomic mass is 10.3. The van der Waals surface area contributed by atoms with E-state index in [-0.39, 0.29) is 29.1 Å². The Kier molecular flexibility index (Phi) is 6.42. The molecule has 2 amide bonds. The first-order valence-electron chi connectivity index (χ1n) is 11.0. The number of nitrogen functional groups attached to an aromatic ring is 1. The van der Waals surface area contributed by atoms with Crippen LogP contribution in [0, 0.1) is 0 Å². The Morgan fingerprint density at radius 3 is 2.46 bits per heavy atom. The number of amides is 2. The summed E-state index contributed by atoms with van der Waals surface area (Å²) >= 11 is 1.16. The van der Waals surface area contributed by atoms with E-state index in [1.807, 2.05) is 48.5 Å². The van der Waals surface area contributed by atoms with E-state index in [0.717, 1.165) is 17.0 Å². The van der Waals surface area contributed by atoms with Gasteiger partial charge >= 0.3 is 0 Å². The van der Waals surface area contributed by atoms with Crippen molar-refractivity contribution in [1.29, 1.82) is 0 Å². The number of nitrogens with one attached hydrogen (secondary N) is 2. The maximum absolute atomic E-state index is 13.3. The van der Waals surface area contributed by atoms with Crippen LogP contribution in [0.1, 0.15) is 20.2 Å². The number of hydrogen-bond donors (Lipinski definition) is 3. The number of morpholine rings is 1. The molecule has 0 saturated carbocycles. The molecule has 0 spiro atoms. The van der Waals surface area contributed by atoms with Gasteiger partial charge in [0.15, 0.2) is 16.3 Å². The molecule has 1 fully saturated rings. The molecule has 4 aromatic rings. The van der Waals surface area contributed by atoms with Crippen molar-refractivity contribution in [2.75, 3.05) is 37.4 Å². The molecule has 2 aromatic heterocycles. The number of aromatic amines is 1. The topological polar surface area (TPSA) is 131 Å². The summed E-state index contributed by atoms with van der Waals surface area (Å²) in [7, 11) is 0. The van der Waals surface area contributed by atoms with Gasteiger partial charge in [0.1, 0.15) is 10.7 Å². The average Bonchev–Trinajstić information content (AvgIpc) is 3.49. The molecule has 0 atom stereocenters. The zero-order valence-electron chi connectivity index (χ0n) is 18.7. The van der Waals surface area contributed by atoms with Crippen molar-refractivity contribution >= 4 is 40.5 Å². The molecule has 178 valence electrons. The lowest BCUT2D eigenvalue weighted by molar-refractivity contribution is 0.0306. The number of anilines is 2. The van der Waals surface area contributed by atoms with Gasteiger partial charge in [-0.25, -0.2) is 4.98 Å². The predicted molar refractivity (Wildman–Crippen MR) is 133 cm³/mol. The number of rotatable bonds is 5. The number of aromatic nitrogens is 3. The molecule has 1 aliphatic heterocycles. The van der Waals surface area contributed by atoms with E-state index < -0.39 is 0 Å². The number of benzene rings is 2. The number of para-hydroxylation sites is 2. The lowest BCUT2D eigenvalue weighted by Gasteiger charge is -2.26. The van der Waals surface area contributed by atoms with Crippen molar-refractivity contribution in [2.24, 2.45) is 4.99 Å². The summed E-state index contributed by atoms with van der Waals surface area (Å²) in [6.45, 7) is 1.97. The minimum atomic E-state index is -0.382. The van der Waals surface area contributed by atoms with Gasteiger partial charge in [-0.2, -0.15) is 4.99 Å². The van der Waals surface area contributed by atoms with Gasteiger partial charge < -0.3 is 25.7 Å². The van der Waals surface area contributed by atoms with Gasteiger partial charge in [-0.15, -0.1) is 0 Å². The van der Waals surface area contributed by atoms with E-state index in [4.69, 9.17) is 10.5 Å². The van der Waals surface area contributed by atoms with Gasteiger partial charge in [0.2, 0.25) is 0 Å². The summed E-state index contributed by atoms with van der Waals surface area (Å²) in [6.07, 6.45) is 1.41. The largest absolute Gasteiger partial charge is 0.383 e. The molecule has 0 radical (unpaired) electrons. The summed E-state index contributed by atoms with van der Waals surface area (Å²) in [5.74, 6) is -0.0872.